The first-order chi connectivity index (χ1) is 19.0. The molecule has 0 heterocycles. The maximum Gasteiger partial charge on any atom is 0.293 e. The first-order valence-corrected chi connectivity index (χ1v) is 14.4. The van der Waals surface area contributed by atoms with Crippen molar-refractivity contribution in [1.29, 1.82) is 0 Å². The summed E-state index contributed by atoms with van der Waals surface area (Å²) in [6.45, 7) is 3.18. The number of benzene rings is 3. The van der Waals surface area contributed by atoms with Crippen LogP contribution in [0.5, 0.6) is 0 Å². The van der Waals surface area contributed by atoms with Crippen molar-refractivity contribution in [2.24, 2.45) is 0 Å². The van der Waals surface area contributed by atoms with E-state index < -0.39 is 43.4 Å². The molecule has 0 aliphatic rings. The number of nitro groups is 1. The number of carbonyl (C=O) groups is 3. The summed E-state index contributed by atoms with van der Waals surface area (Å²) < 4.78 is 27.5. The molecule has 0 fully saturated rings. The Morgan fingerprint density at radius 2 is 1.68 bits per heavy atom. The summed E-state index contributed by atoms with van der Waals surface area (Å²) in [5, 5.41) is 19.6. The topological polar surface area (TPSA) is 177 Å². The van der Waals surface area contributed by atoms with Crippen LogP contribution in [0.15, 0.2) is 82.6 Å². The molecule has 210 valence electrons. The standard InChI is InChI=1S/C26H27N5O7S2/c1-17(28-18(2)32)25(33)29-20-10-8-19(9-11-20)26(34)30-40(37,38)22-12-13-23(24(16-22)31(35)36)27-14-15-39-21-6-4-3-5-7-21/h3-13,16-17,27H,14-15H2,1-2H3,(H,28,32)(H,29,33)(H,30,34)/t17-/m0/s1. The van der Waals surface area contributed by atoms with Gasteiger partial charge in [-0.15, -0.1) is 11.8 Å². The van der Waals surface area contributed by atoms with Crippen LogP contribution in [0.1, 0.15) is 24.2 Å². The van der Waals surface area contributed by atoms with Crippen molar-refractivity contribution >= 4 is 56.6 Å². The van der Waals surface area contributed by atoms with Gasteiger partial charge in [-0.25, -0.2) is 13.1 Å². The van der Waals surface area contributed by atoms with E-state index in [4.69, 9.17) is 0 Å². The van der Waals surface area contributed by atoms with E-state index in [9.17, 15) is 32.9 Å². The highest BCUT2D eigenvalue weighted by molar-refractivity contribution is 7.99. The van der Waals surface area contributed by atoms with Crippen molar-refractivity contribution < 1.29 is 27.7 Å². The summed E-state index contributed by atoms with van der Waals surface area (Å²) in [5.41, 5.74) is -0.00862. The van der Waals surface area contributed by atoms with Gasteiger partial charge in [0.05, 0.1) is 9.82 Å². The third-order valence-corrected chi connectivity index (χ3v) is 7.70. The molecule has 0 aliphatic heterocycles. The number of hydrogen-bond donors (Lipinski definition) is 4. The molecule has 3 rings (SSSR count). The number of hydrogen-bond acceptors (Lipinski definition) is 9. The van der Waals surface area contributed by atoms with Crippen LogP contribution in [0.3, 0.4) is 0 Å². The van der Waals surface area contributed by atoms with Gasteiger partial charge in [0.2, 0.25) is 11.8 Å². The van der Waals surface area contributed by atoms with Crippen LogP contribution < -0.4 is 20.7 Å². The zero-order valence-corrected chi connectivity index (χ0v) is 23.2. The molecule has 1 atom stereocenters. The number of anilines is 2. The van der Waals surface area contributed by atoms with Crippen molar-refractivity contribution in [2.45, 2.75) is 29.7 Å². The number of nitrogens with zero attached hydrogens (tertiary/aromatic N) is 1. The van der Waals surface area contributed by atoms with Crippen molar-refractivity contribution in [2.75, 3.05) is 22.9 Å². The summed E-state index contributed by atoms with van der Waals surface area (Å²) >= 11 is 1.56. The van der Waals surface area contributed by atoms with Crippen molar-refractivity contribution in [3.63, 3.8) is 0 Å². The molecule has 14 heteroatoms. The second-order valence-corrected chi connectivity index (χ2v) is 11.3. The van der Waals surface area contributed by atoms with Crippen molar-refractivity contribution in [3.8, 4) is 0 Å². The Labute approximate surface area is 235 Å². The molecule has 0 aromatic heterocycles. The van der Waals surface area contributed by atoms with Crippen molar-refractivity contribution in [3.05, 3.63) is 88.5 Å². The normalized spacial score (nSPS) is 11.7. The van der Waals surface area contributed by atoms with Crippen LogP contribution in [0.25, 0.3) is 0 Å². The second-order valence-electron chi connectivity index (χ2n) is 8.45. The molecule has 0 spiro atoms. The molecule has 3 aromatic carbocycles. The van der Waals surface area contributed by atoms with Gasteiger partial charge in [-0.3, -0.25) is 24.5 Å². The predicted molar refractivity (Wildman–Crippen MR) is 152 cm³/mol. The molecular formula is C26H27N5O7S2. The fourth-order valence-corrected chi connectivity index (χ4v) is 5.20. The maximum absolute atomic E-state index is 12.8. The summed E-state index contributed by atoms with van der Waals surface area (Å²) in [4.78, 5) is 47.3. The van der Waals surface area contributed by atoms with Crippen molar-refractivity contribution in [1.82, 2.24) is 10.0 Å². The quantitative estimate of drug-likeness (QED) is 0.107. The number of rotatable bonds is 12. The molecular weight excluding hydrogens is 558 g/mol. The van der Waals surface area contributed by atoms with E-state index in [1.54, 1.807) is 11.8 Å². The average Bonchev–Trinajstić information content (AvgIpc) is 2.91. The summed E-state index contributed by atoms with van der Waals surface area (Å²) in [5.74, 6) is -1.20. The number of nitrogens with one attached hydrogen (secondary N) is 4. The minimum atomic E-state index is -4.44. The number of carbonyl (C=O) groups excluding carboxylic acids is 3. The lowest BCUT2D eigenvalue weighted by Gasteiger charge is -2.13. The monoisotopic (exact) mass is 585 g/mol. The fourth-order valence-electron chi connectivity index (χ4n) is 3.42. The van der Waals surface area contributed by atoms with Crippen LogP contribution in [0, 0.1) is 10.1 Å². The largest absolute Gasteiger partial charge is 0.379 e. The average molecular weight is 586 g/mol. The Balaban J connectivity index is 1.64. The summed E-state index contributed by atoms with van der Waals surface area (Å²) in [6, 6.07) is 17.5. The molecule has 0 saturated heterocycles. The first-order valence-electron chi connectivity index (χ1n) is 11.9. The lowest BCUT2D eigenvalue weighted by molar-refractivity contribution is -0.384. The van der Waals surface area contributed by atoms with Gasteiger partial charge in [0.25, 0.3) is 21.6 Å². The number of amides is 3. The van der Waals surface area contributed by atoms with E-state index >= 15 is 0 Å². The highest BCUT2D eigenvalue weighted by atomic mass is 32.2. The summed E-state index contributed by atoms with van der Waals surface area (Å²) in [7, 11) is -4.44. The van der Waals surface area contributed by atoms with Crippen LogP contribution in [0.2, 0.25) is 0 Å². The Kier molecular flexibility index (Phi) is 10.2. The molecule has 0 saturated carbocycles. The number of nitro benzene ring substituents is 1. The second kappa shape index (κ2) is 13.6. The zero-order chi connectivity index (χ0) is 29.3. The molecule has 0 radical (unpaired) electrons. The first kappa shape index (κ1) is 30.1. The molecule has 0 aliphatic carbocycles. The van der Waals surface area contributed by atoms with Gasteiger partial charge in [-0.05, 0) is 55.5 Å². The van der Waals surface area contributed by atoms with E-state index in [0.29, 0.717) is 18.0 Å². The van der Waals surface area contributed by atoms with E-state index in [1.807, 2.05) is 35.1 Å². The highest BCUT2D eigenvalue weighted by Crippen LogP contribution is 2.28. The van der Waals surface area contributed by atoms with Gasteiger partial charge in [0, 0.05) is 41.4 Å². The molecule has 12 nitrogen and oxygen atoms in total. The number of sulfonamides is 1. The van der Waals surface area contributed by atoms with Crippen LogP contribution in [0.4, 0.5) is 17.1 Å². The lowest BCUT2D eigenvalue weighted by Crippen LogP contribution is -2.40. The van der Waals surface area contributed by atoms with E-state index in [0.717, 1.165) is 11.0 Å². The van der Waals surface area contributed by atoms with Crippen LogP contribution in [-0.4, -0.2) is 49.4 Å². The van der Waals surface area contributed by atoms with Gasteiger partial charge >= 0.3 is 0 Å². The summed E-state index contributed by atoms with van der Waals surface area (Å²) in [6.07, 6.45) is 0. The van der Waals surface area contributed by atoms with Gasteiger partial charge < -0.3 is 16.0 Å². The fraction of sp³-hybridized carbons (Fsp3) is 0.192. The Hall–Kier alpha value is -4.43. The van der Waals surface area contributed by atoms with E-state index in [2.05, 4.69) is 16.0 Å². The Morgan fingerprint density at radius 3 is 2.30 bits per heavy atom. The Morgan fingerprint density at radius 1 is 1.00 bits per heavy atom. The van der Waals surface area contributed by atoms with Gasteiger partial charge in [0.1, 0.15) is 11.7 Å². The molecule has 3 amide bonds. The molecule has 4 N–H and O–H groups in total. The minimum Gasteiger partial charge on any atom is -0.379 e. The zero-order valence-electron chi connectivity index (χ0n) is 21.5. The smallest absolute Gasteiger partial charge is 0.293 e. The SMILES string of the molecule is CC(=O)N[C@@H](C)C(=O)Nc1ccc(C(=O)NS(=O)(=O)c2ccc(NCCSc3ccccc3)c([N+](=O)[O-])c2)cc1. The molecule has 40 heavy (non-hydrogen) atoms. The molecule has 0 bridgehead atoms. The Bertz CT molecular complexity index is 1500. The third kappa shape index (κ3) is 8.54. The van der Waals surface area contributed by atoms with Gasteiger partial charge in [0.15, 0.2) is 0 Å². The predicted octanol–water partition coefficient (Wildman–Crippen LogP) is 3.38. The number of thioether (sulfide) groups is 1. The van der Waals surface area contributed by atoms with Gasteiger partial charge in [-0.1, -0.05) is 18.2 Å². The molecule has 3 aromatic rings. The highest BCUT2D eigenvalue weighted by Gasteiger charge is 2.24. The van der Waals surface area contributed by atoms with E-state index in [1.165, 1.54) is 50.2 Å². The van der Waals surface area contributed by atoms with Crippen LogP contribution in [-0.2, 0) is 19.6 Å². The minimum absolute atomic E-state index is 0.0276. The van der Waals surface area contributed by atoms with Crippen LogP contribution >= 0.6 is 11.8 Å². The lowest BCUT2D eigenvalue weighted by atomic mass is 10.2. The molecule has 0 unspecified atom stereocenters. The third-order valence-electron chi connectivity index (χ3n) is 5.36. The van der Waals surface area contributed by atoms with Gasteiger partial charge in [-0.2, -0.15) is 0 Å². The van der Waals surface area contributed by atoms with E-state index in [-0.39, 0.29) is 17.2 Å². The maximum atomic E-state index is 12.8.